The summed E-state index contributed by atoms with van der Waals surface area (Å²) in [5.74, 6) is 0.572. The molecule has 1 fully saturated rings. The second kappa shape index (κ2) is 12.8. The van der Waals surface area contributed by atoms with Crippen molar-refractivity contribution >= 4 is 23.1 Å². The minimum absolute atomic E-state index is 0.175. The third-order valence-electron chi connectivity index (χ3n) is 5.81. The highest BCUT2D eigenvalue weighted by atomic mass is 16.6. The van der Waals surface area contributed by atoms with E-state index >= 15 is 0 Å². The lowest BCUT2D eigenvalue weighted by molar-refractivity contribution is 0.0928. The molecule has 2 N–H and O–H groups in total. The Balaban J connectivity index is 1.61. The van der Waals surface area contributed by atoms with Crippen LogP contribution in [0.4, 0.5) is 10.6 Å². The highest BCUT2D eigenvalue weighted by molar-refractivity contribution is 5.83. The molecule has 0 aliphatic carbocycles. The van der Waals surface area contributed by atoms with Gasteiger partial charge in [-0.05, 0) is 37.7 Å². The minimum atomic E-state index is -0.316. The number of nitrogen functional groups attached to an aromatic ring is 1. The second-order valence-electron chi connectivity index (χ2n) is 8.50. The van der Waals surface area contributed by atoms with Crippen LogP contribution in [0.25, 0.3) is 11.2 Å². The van der Waals surface area contributed by atoms with Gasteiger partial charge in [-0.3, -0.25) is 4.57 Å². The summed E-state index contributed by atoms with van der Waals surface area (Å²) < 4.78 is 18.5. The molecular formula is C25H36N6O4. The van der Waals surface area contributed by atoms with Crippen LogP contribution in [-0.4, -0.2) is 63.9 Å². The molecular weight excluding hydrogens is 448 g/mol. The quantitative estimate of drug-likeness (QED) is 0.374. The van der Waals surface area contributed by atoms with Crippen LogP contribution in [0.2, 0.25) is 0 Å². The molecule has 1 amide bonds. The van der Waals surface area contributed by atoms with Crippen molar-refractivity contribution in [2.45, 2.75) is 46.1 Å². The van der Waals surface area contributed by atoms with E-state index in [-0.39, 0.29) is 24.5 Å². The van der Waals surface area contributed by atoms with E-state index in [4.69, 9.17) is 19.9 Å². The molecule has 35 heavy (non-hydrogen) atoms. The van der Waals surface area contributed by atoms with Gasteiger partial charge in [0.2, 0.25) is 0 Å². The molecule has 1 saturated heterocycles. The highest BCUT2D eigenvalue weighted by Crippen LogP contribution is 2.29. The normalized spacial score (nSPS) is 14.8. The summed E-state index contributed by atoms with van der Waals surface area (Å²) in [6.07, 6.45) is 10.8. The number of fused-ring (bicyclic) bond motifs is 1. The maximum Gasteiger partial charge on any atom is 0.410 e. The summed E-state index contributed by atoms with van der Waals surface area (Å²) >= 11 is 0. The van der Waals surface area contributed by atoms with E-state index < -0.39 is 0 Å². The molecule has 190 valence electrons. The Morgan fingerprint density at radius 1 is 1.23 bits per heavy atom. The first-order valence-electron chi connectivity index (χ1n) is 12.1. The summed E-state index contributed by atoms with van der Waals surface area (Å²) in [6, 6.07) is 0.671. The van der Waals surface area contributed by atoms with Gasteiger partial charge in [0.15, 0.2) is 17.0 Å². The molecule has 3 rings (SSSR count). The number of hydrogen-bond acceptors (Lipinski definition) is 8. The van der Waals surface area contributed by atoms with Gasteiger partial charge in [0, 0.05) is 19.6 Å². The maximum absolute atomic E-state index is 12.5. The number of hydrogen-bond donors (Lipinski definition) is 1. The van der Waals surface area contributed by atoms with Crippen molar-refractivity contribution < 1.29 is 19.0 Å². The van der Waals surface area contributed by atoms with Crippen LogP contribution < -0.4 is 15.2 Å². The van der Waals surface area contributed by atoms with Crippen molar-refractivity contribution in [3.63, 3.8) is 0 Å². The summed E-state index contributed by atoms with van der Waals surface area (Å²) in [5, 5.41) is 0. The van der Waals surface area contributed by atoms with Crippen LogP contribution in [-0.2, 0) is 11.3 Å². The fourth-order valence-electron chi connectivity index (χ4n) is 3.83. The molecule has 0 spiro atoms. The number of anilines is 1. The van der Waals surface area contributed by atoms with Crippen LogP contribution in [0.15, 0.2) is 36.5 Å². The van der Waals surface area contributed by atoms with Crippen LogP contribution in [0.1, 0.15) is 39.5 Å². The summed E-state index contributed by atoms with van der Waals surface area (Å²) in [5.41, 5.74) is 7.96. The van der Waals surface area contributed by atoms with E-state index in [9.17, 15) is 4.79 Å². The number of carbonyl (C=O) groups excluding carboxylic acids is 1. The number of methoxy groups -OCH3 is 1. The zero-order valence-corrected chi connectivity index (χ0v) is 20.9. The first-order chi connectivity index (χ1) is 17.0. The molecule has 3 heterocycles. The van der Waals surface area contributed by atoms with E-state index in [0.29, 0.717) is 49.3 Å². The average molecular weight is 485 g/mol. The van der Waals surface area contributed by atoms with E-state index in [1.165, 1.54) is 0 Å². The molecule has 10 nitrogen and oxygen atoms in total. The predicted molar refractivity (Wildman–Crippen MR) is 135 cm³/mol. The Morgan fingerprint density at radius 3 is 2.69 bits per heavy atom. The van der Waals surface area contributed by atoms with Crippen molar-refractivity contribution in [1.82, 2.24) is 24.4 Å². The number of aromatic nitrogens is 4. The zero-order chi connectivity index (χ0) is 25.2. The van der Waals surface area contributed by atoms with Gasteiger partial charge in [0.25, 0.3) is 6.01 Å². The lowest BCUT2D eigenvalue weighted by atomic mass is 9.97. The second-order valence-corrected chi connectivity index (χ2v) is 8.50. The number of piperidine rings is 1. The first kappa shape index (κ1) is 26.1. The summed E-state index contributed by atoms with van der Waals surface area (Å²) in [4.78, 5) is 27.5. The number of allylic oxidation sites excluding steroid dienone is 3. The molecule has 2 aromatic rings. The minimum Gasteiger partial charge on any atom is -0.468 e. The van der Waals surface area contributed by atoms with Gasteiger partial charge in [0.05, 0.1) is 13.7 Å². The van der Waals surface area contributed by atoms with Gasteiger partial charge >= 0.3 is 12.1 Å². The molecule has 0 saturated carbocycles. The van der Waals surface area contributed by atoms with Gasteiger partial charge in [0.1, 0.15) is 6.61 Å². The van der Waals surface area contributed by atoms with E-state index in [2.05, 4.69) is 28.5 Å². The third kappa shape index (κ3) is 6.97. The topological polar surface area (TPSA) is 118 Å². The Kier molecular flexibility index (Phi) is 9.51. The monoisotopic (exact) mass is 484 g/mol. The fraction of sp³-hybridized carbons (Fsp3) is 0.520. The number of nitrogens with zero attached hydrogens (tertiary/aromatic N) is 5. The van der Waals surface area contributed by atoms with Gasteiger partial charge in [-0.2, -0.15) is 15.0 Å². The lowest BCUT2D eigenvalue weighted by Gasteiger charge is -2.31. The van der Waals surface area contributed by atoms with Crippen LogP contribution in [0.3, 0.4) is 0 Å². The third-order valence-corrected chi connectivity index (χ3v) is 5.81. The molecule has 10 heteroatoms. The molecule has 0 radical (unpaired) electrons. The lowest BCUT2D eigenvalue weighted by Crippen LogP contribution is -2.39. The van der Waals surface area contributed by atoms with Gasteiger partial charge in [-0.25, -0.2) is 4.79 Å². The molecule has 0 aromatic carbocycles. The van der Waals surface area contributed by atoms with E-state index in [0.717, 1.165) is 31.3 Å². The summed E-state index contributed by atoms with van der Waals surface area (Å²) in [6.45, 7) is 10.5. The van der Waals surface area contributed by atoms with Crippen LogP contribution in [0, 0.1) is 5.92 Å². The van der Waals surface area contributed by atoms with E-state index in [1.807, 2.05) is 35.8 Å². The van der Waals surface area contributed by atoms with Crippen molar-refractivity contribution in [3.05, 3.63) is 36.5 Å². The molecule has 1 aliphatic rings. The Hall–Kier alpha value is -3.56. The van der Waals surface area contributed by atoms with Gasteiger partial charge in [-0.15, -0.1) is 0 Å². The van der Waals surface area contributed by atoms with Crippen molar-refractivity contribution in [2.24, 2.45) is 5.92 Å². The highest BCUT2D eigenvalue weighted by Gasteiger charge is 2.26. The molecule has 0 atom stereocenters. The smallest absolute Gasteiger partial charge is 0.410 e. The number of nitrogens with two attached hydrogens (primary N) is 1. The number of likely N-dealkylation sites (tertiary alicyclic amines) is 1. The zero-order valence-electron chi connectivity index (χ0n) is 20.9. The Bertz CT molecular complexity index is 1070. The van der Waals surface area contributed by atoms with E-state index in [1.54, 1.807) is 12.0 Å². The van der Waals surface area contributed by atoms with Gasteiger partial charge < -0.3 is 24.8 Å². The Labute approximate surface area is 206 Å². The van der Waals surface area contributed by atoms with Crippen molar-refractivity contribution in [3.8, 4) is 12.0 Å². The van der Waals surface area contributed by atoms with Crippen molar-refractivity contribution in [1.29, 1.82) is 0 Å². The molecule has 0 unspecified atom stereocenters. The fourth-order valence-corrected chi connectivity index (χ4v) is 3.83. The molecule has 1 aliphatic heterocycles. The van der Waals surface area contributed by atoms with Crippen LogP contribution >= 0.6 is 0 Å². The summed E-state index contributed by atoms with van der Waals surface area (Å²) in [7, 11) is 1.57. The number of carbonyl (C=O) groups is 1. The Morgan fingerprint density at radius 2 is 2.00 bits per heavy atom. The molecule has 2 aromatic heterocycles. The number of ether oxygens (including phenoxy) is 3. The largest absolute Gasteiger partial charge is 0.468 e. The average Bonchev–Trinajstić information content (AvgIpc) is 3.21. The standard InChI is InChI=1S/C25H36N6O4/c1-5-7-9-10-18(3)17-35-25(32)30-13-11-19(12-14-30)16-31-22-20(27-24(31)33-4)21(26)28-23(29-22)34-15-8-6-2/h5,7,9-10,19H,3,6,8,11-17H2,1-2,4H3,(H2,26,28,29)/b7-5-,10-9-. The maximum atomic E-state index is 12.5. The first-order valence-corrected chi connectivity index (χ1v) is 12.1. The predicted octanol–water partition coefficient (Wildman–Crippen LogP) is 4.13. The SMILES string of the molecule is C=C(/C=C\C=C/C)COC(=O)N1CCC(Cn2c(OC)nc3c(N)nc(OCCCC)nc32)CC1. The number of rotatable bonds is 11. The van der Waals surface area contributed by atoms with Gasteiger partial charge in [-0.1, -0.05) is 44.2 Å². The number of unbranched alkanes of at least 4 members (excludes halogenated alkanes) is 1. The van der Waals surface area contributed by atoms with Crippen molar-refractivity contribution in [2.75, 3.05) is 39.1 Å². The number of amides is 1. The molecule has 0 bridgehead atoms. The number of imidazole rings is 1. The van der Waals surface area contributed by atoms with Crippen LogP contribution in [0.5, 0.6) is 12.0 Å².